The number of esters is 2. The summed E-state index contributed by atoms with van der Waals surface area (Å²) in [5.41, 5.74) is -2.12. The van der Waals surface area contributed by atoms with Gasteiger partial charge in [-0.15, -0.1) is 0 Å². The largest absolute Gasteiger partial charge is 0.478 e. The van der Waals surface area contributed by atoms with Crippen molar-refractivity contribution in [2.45, 2.75) is 12.8 Å². The van der Waals surface area contributed by atoms with Gasteiger partial charge in [0.15, 0.2) is 0 Å². The van der Waals surface area contributed by atoms with E-state index in [0.717, 1.165) is 36.4 Å². The molecule has 4 aromatic carbocycles. The van der Waals surface area contributed by atoms with Crippen molar-refractivity contribution in [2.24, 2.45) is 0 Å². The molecule has 0 aliphatic carbocycles. The summed E-state index contributed by atoms with van der Waals surface area (Å²) in [5.74, 6) is -3.81. The summed E-state index contributed by atoms with van der Waals surface area (Å²) in [6.45, 7) is 0. The summed E-state index contributed by atoms with van der Waals surface area (Å²) in [5, 5.41) is 60.9. The maximum Gasteiger partial charge on any atom is 0.335 e. The second-order valence-corrected chi connectivity index (χ2v) is 9.62. The van der Waals surface area contributed by atoms with Crippen LogP contribution in [0.25, 0.3) is 0 Å². The topological polar surface area (TPSA) is 300 Å². The fourth-order valence-electron chi connectivity index (χ4n) is 3.95. The number of ether oxygens (including phenoxy) is 2. The first-order chi connectivity index (χ1) is 23.5. The van der Waals surface area contributed by atoms with E-state index >= 15 is 0 Å². The van der Waals surface area contributed by atoms with Crippen LogP contribution in [0.5, 0.6) is 11.5 Å². The minimum absolute atomic E-state index is 0.00538. The SMILES string of the molecule is O=C(Cc1ccc([N+](=O)[O-])cc1[N+](=O)[O-])Oc1ccc(C(=O)O)cc1.O=C(Cc1ccc([N+](=O)[O-])cc1[N+](=O)[O-])Oc1ccc(C(=O)O)cc1. The molecule has 0 bridgehead atoms. The van der Waals surface area contributed by atoms with E-state index in [4.69, 9.17) is 19.7 Å². The van der Waals surface area contributed by atoms with Crippen LogP contribution in [0, 0.1) is 40.5 Å². The second-order valence-electron chi connectivity index (χ2n) is 9.62. The number of non-ortho nitro benzene ring substituents is 2. The first-order valence-corrected chi connectivity index (χ1v) is 13.5. The quantitative estimate of drug-likeness (QED) is 0.0879. The average molecular weight is 693 g/mol. The van der Waals surface area contributed by atoms with Gasteiger partial charge >= 0.3 is 23.9 Å². The summed E-state index contributed by atoms with van der Waals surface area (Å²) in [6, 6.07) is 15.9. The highest BCUT2D eigenvalue weighted by Crippen LogP contribution is 2.27. The maximum atomic E-state index is 11.9. The molecule has 20 nitrogen and oxygen atoms in total. The Balaban J connectivity index is 0.000000270. The minimum Gasteiger partial charge on any atom is -0.478 e. The van der Waals surface area contributed by atoms with E-state index in [1.54, 1.807) is 0 Å². The van der Waals surface area contributed by atoms with E-state index in [9.17, 15) is 59.6 Å². The van der Waals surface area contributed by atoms with E-state index in [1.807, 2.05) is 0 Å². The lowest BCUT2D eigenvalue weighted by molar-refractivity contribution is -0.394. The maximum absolute atomic E-state index is 11.9. The minimum atomic E-state index is -1.14. The van der Waals surface area contributed by atoms with Crippen molar-refractivity contribution in [1.29, 1.82) is 0 Å². The number of rotatable bonds is 12. The molecule has 4 aromatic rings. The molecule has 0 aromatic heterocycles. The Kier molecular flexibility index (Phi) is 12.0. The molecule has 0 atom stereocenters. The molecule has 0 fully saturated rings. The van der Waals surface area contributed by atoms with Gasteiger partial charge in [0.1, 0.15) is 11.5 Å². The van der Waals surface area contributed by atoms with Gasteiger partial charge in [-0.2, -0.15) is 0 Å². The molecular weight excluding hydrogens is 672 g/mol. The van der Waals surface area contributed by atoms with E-state index < -0.39 is 79.2 Å². The van der Waals surface area contributed by atoms with Crippen LogP contribution in [0.4, 0.5) is 22.7 Å². The normalized spacial score (nSPS) is 10.1. The highest BCUT2D eigenvalue weighted by atomic mass is 16.6. The second kappa shape index (κ2) is 16.3. The van der Waals surface area contributed by atoms with Crippen molar-refractivity contribution in [3.8, 4) is 11.5 Å². The Morgan fingerprint density at radius 3 is 1.08 bits per heavy atom. The molecule has 0 radical (unpaired) electrons. The molecule has 20 heteroatoms. The van der Waals surface area contributed by atoms with E-state index in [2.05, 4.69) is 0 Å². The lowest BCUT2D eigenvalue weighted by Crippen LogP contribution is -2.12. The number of carbonyl (C=O) groups is 4. The molecule has 0 saturated carbocycles. The third kappa shape index (κ3) is 10.2. The number of nitro groups is 4. The summed E-state index contributed by atoms with van der Waals surface area (Å²) in [7, 11) is 0. The van der Waals surface area contributed by atoms with Gasteiger partial charge < -0.3 is 19.7 Å². The van der Waals surface area contributed by atoms with E-state index in [1.165, 1.54) is 48.5 Å². The first kappa shape index (κ1) is 36.8. The summed E-state index contributed by atoms with van der Waals surface area (Å²) in [6.07, 6.45) is -0.954. The number of carboxylic acid groups (broad SMARTS) is 2. The fraction of sp³-hybridized carbons (Fsp3) is 0.0667. The number of aromatic carboxylic acids is 2. The Morgan fingerprint density at radius 1 is 0.500 bits per heavy atom. The summed E-state index contributed by atoms with van der Waals surface area (Å²) >= 11 is 0. The molecule has 0 aliphatic rings. The fourth-order valence-corrected chi connectivity index (χ4v) is 3.95. The molecule has 4 rings (SSSR count). The van der Waals surface area contributed by atoms with Gasteiger partial charge in [-0.05, 0) is 60.7 Å². The predicted octanol–water partition coefficient (Wildman–Crippen LogP) is 4.70. The Morgan fingerprint density at radius 2 is 0.820 bits per heavy atom. The number of benzene rings is 4. The van der Waals surface area contributed by atoms with E-state index in [0.29, 0.717) is 0 Å². The van der Waals surface area contributed by atoms with Crippen molar-refractivity contribution in [3.63, 3.8) is 0 Å². The summed E-state index contributed by atoms with van der Waals surface area (Å²) in [4.78, 5) is 85.4. The van der Waals surface area contributed by atoms with Gasteiger partial charge in [-0.25, -0.2) is 9.59 Å². The third-order valence-corrected chi connectivity index (χ3v) is 6.29. The highest BCUT2D eigenvalue weighted by molar-refractivity contribution is 5.88. The molecule has 0 amide bonds. The number of carboxylic acids is 2. The van der Waals surface area contributed by atoms with Gasteiger partial charge in [-0.3, -0.25) is 50.0 Å². The molecule has 2 N–H and O–H groups in total. The molecule has 0 aliphatic heterocycles. The lowest BCUT2D eigenvalue weighted by atomic mass is 10.1. The van der Waals surface area contributed by atoms with E-state index in [-0.39, 0.29) is 33.8 Å². The van der Waals surface area contributed by atoms with Gasteiger partial charge in [0.05, 0.1) is 55.8 Å². The Hall–Kier alpha value is -7.64. The van der Waals surface area contributed by atoms with Crippen molar-refractivity contribution in [1.82, 2.24) is 0 Å². The molecule has 0 unspecified atom stereocenters. The van der Waals surface area contributed by atoms with Crippen LogP contribution in [0.15, 0.2) is 84.9 Å². The van der Waals surface area contributed by atoms with Crippen LogP contribution < -0.4 is 9.47 Å². The van der Waals surface area contributed by atoms with Gasteiger partial charge in [0, 0.05) is 23.3 Å². The van der Waals surface area contributed by atoms with Gasteiger partial charge in [0.25, 0.3) is 22.7 Å². The number of hydrogen-bond donors (Lipinski definition) is 2. The molecule has 0 saturated heterocycles. The van der Waals surface area contributed by atoms with Crippen molar-refractivity contribution < 1.29 is 58.6 Å². The number of hydrogen-bond acceptors (Lipinski definition) is 14. The van der Waals surface area contributed by atoms with Crippen LogP contribution >= 0.6 is 0 Å². The summed E-state index contributed by atoms with van der Waals surface area (Å²) < 4.78 is 9.95. The molecule has 0 heterocycles. The number of nitrogens with zero attached hydrogens (tertiary/aromatic N) is 4. The zero-order valence-electron chi connectivity index (χ0n) is 24.9. The molecule has 256 valence electrons. The van der Waals surface area contributed by atoms with Gasteiger partial charge in [-0.1, -0.05) is 0 Å². The number of carbonyl (C=O) groups excluding carboxylic acids is 2. The van der Waals surface area contributed by atoms with Crippen LogP contribution in [0.3, 0.4) is 0 Å². The monoisotopic (exact) mass is 692 g/mol. The van der Waals surface area contributed by atoms with Crippen molar-refractivity contribution >= 4 is 46.6 Å². The van der Waals surface area contributed by atoms with Crippen LogP contribution in [0.2, 0.25) is 0 Å². The highest BCUT2D eigenvalue weighted by Gasteiger charge is 2.23. The van der Waals surface area contributed by atoms with Crippen molar-refractivity contribution in [2.75, 3.05) is 0 Å². The average Bonchev–Trinajstić information content (AvgIpc) is 3.05. The molecular formula is C30H20N4O16. The van der Waals surface area contributed by atoms with Crippen LogP contribution in [-0.2, 0) is 22.4 Å². The Labute approximate surface area is 277 Å². The van der Waals surface area contributed by atoms with Crippen LogP contribution in [0.1, 0.15) is 31.8 Å². The molecule has 0 spiro atoms. The first-order valence-electron chi connectivity index (χ1n) is 13.5. The van der Waals surface area contributed by atoms with Crippen LogP contribution in [-0.4, -0.2) is 53.8 Å². The van der Waals surface area contributed by atoms with Gasteiger partial charge in [0.2, 0.25) is 0 Å². The Bertz CT molecular complexity index is 1870. The lowest BCUT2D eigenvalue weighted by Gasteiger charge is -2.05. The standard InChI is InChI=1S/2C15H10N2O8/c2*18-14(25-12-5-2-9(3-6-12)15(19)20)7-10-1-4-11(16(21)22)8-13(10)17(23)24/h2*1-6,8H,7H2,(H,19,20). The zero-order valence-corrected chi connectivity index (χ0v) is 24.9. The number of nitro benzene ring substituents is 4. The predicted molar refractivity (Wildman–Crippen MR) is 165 cm³/mol. The zero-order chi connectivity index (χ0) is 37.1. The third-order valence-electron chi connectivity index (χ3n) is 6.29. The molecule has 50 heavy (non-hydrogen) atoms. The smallest absolute Gasteiger partial charge is 0.335 e. The van der Waals surface area contributed by atoms with Crippen molar-refractivity contribution in [3.05, 3.63) is 148 Å².